The molecule has 0 fully saturated rings. The second-order valence-corrected chi connectivity index (χ2v) is 11.6. The minimum atomic E-state index is -0.985. The third-order valence-corrected chi connectivity index (χ3v) is 8.46. The summed E-state index contributed by atoms with van der Waals surface area (Å²) in [6.07, 6.45) is 2.54. The monoisotopic (exact) mass is 626 g/mol. The molecule has 0 spiro atoms. The zero-order valence-electron chi connectivity index (χ0n) is 25.3. The van der Waals surface area contributed by atoms with Gasteiger partial charge in [-0.15, -0.1) is 0 Å². The third kappa shape index (κ3) is 8.52. The highest BCUT2D eigenvalue weighted by Crippen LogP contribution is 2.35. The molecule has 3 aromatic carbocycles. The van der Waals surface area contributed by atoms with Crippen molar-refractivity contribution in [2.45, 2.75) is 59.3 Å². The van der Waals surface area contributed by atoms with E-state index in [0.29, 0.717) is 42.1 Å². The zero-order chi connectivity index (χ0) is 31.7. The Morgan fingerprint density at radius 1 is 0.930 bits per heavy atom. The number of carbonyl (C=O) groups is 3. The maximum Gasteiger partial charge on any atom is 0.311 e. The van der Waals surface area contributed by atoms with E-state index in [-0.39, 0.29) is 39.8 Å². The first-order valence-electron chi connectivity index (χ1n) is 14.6. The van der Waals surface area contributed by atoms with Crippen LogP contribution in [0.2, 0.25) is 10.0 Å². The molecule has 0 radical (unpaired) electrons. The molecular formula is C34H40Cl2N2O5. The molecule has 0 aliphatic rings. The van der Waals surface area contributed by atoms with Gasteiger partial charge in [0.25, 0.3) is 5.91 Å². The molecule has 0 aromatic heterocycles. The van der Waals surface area contributed by atoms with Gasteiger partial charge in [0, 0.05) is 18.2 Å². The third-order valence-electron chi connectivity index (χ3n) is 7.83. The number of aliphatic carboxylic acids is 1. The molecule has 2 amide bonds. The summed E-state index contributed by atoms with van der Waals surface area (Å²) in [7, 11) is 1.55. The van der Waals surface area contributed by atoms with E-state index in [2.05, 4.69) is 19.2 Å². The van der Waals surface area contributed by atoms with E-state index in [1.54, 1.807) is 72.7 Å². The van der Waals surface area contributed by atoms with Crippen LogP contribution >= 0.6 is 23.2 Å². The van der Waals surface area contributed by atoms with Crippen LogP contribution in [-0.2, 0) is 16.0 Å². The summed E-state index contributed by atoms with van der Waals surface area (Å²) in [6.45, 7) is 8.70. The van der Waals surface area contributed by atoms with Gasteiger partial charge < -0.3 is 20.1 Å². The summed E-state index contributed by atoms with van der Waals surface area (Å²) in [5.74, 6) is -1.65. The predicted molar refractivity (Wildman–Crippen MR) is 174 cm³/mol. The quantitative estimate of drug-likeness (QED) is 0.187. The SMILES string of the molecule is CCC(C)CN(C(=O)C(CC)CC)c1cc(C(Cc2ccc(NC(=O)c3c(Cl)cccc3Cl)cc2)C(=O)O)ccc1OC. The molecule has 43 heavy (non-hydrogen) atoms. The molecule has 0 aliphatic carbocycles. The maximum atomic E-state index is 13.7. The average molecular weight is 628 g/mol. The predicted octanol–water partition coefficient (Wildman–Crippen LogP) is 8.48. The Balaban J connectivity index is 1.90. The van der Waals surface area contributed by atoms with E-state index in [4.69, 9.17) is 27.9 Å². The first-order chi connectivity index (χ1) is 20.5. The molecule has 2 N–H and O–H groups in total. The number of halogens is 2. The lowest BCUT2D eigenvalue weighted by Gasteiger charge is -2.31. The lowest BCUT2D eigenvalue weighted by Crippen LogP contribution is -2.39. The van der Waals surface area contributed by atoms with Gasteiger partial charge in [0.15, 0.2) is 0 Å². The molecule has 0 saturated carbocycles. The Kier molecular flexibility index (Phi) is 12.5. The van der Waals surface area contributed by atoms with Crippen LogP contribution in [0.1, 0.15) is 74.4 Å². The van der Waals surface area contributed by atoms with Crippen molar-refractivity contribution < 1.29 is 24.2 Å². The Morgan fingerprint density at radius 3 is 2.09 bits per heavy atom. The van der Waals surface area contributed by atoms with Crippen LogP contribution in [0, 0.1) is 11.8 Å². The summed E-state index contributed by atoms with van der Waals surface area (Å²) >= 11 is 12.3. The van der Waals surface area contributed by atoms with Gasteiger partial charge >= 0.3 is 5.97 Å². The summed E-state index contributed by atoms with van der Waals surface area (Å²) in [5, 5.41) is 13.5. The largest absolute Gasteiger partial charge is 0.495 e. The Hall–Kier alpha value is -3.55. The summed E-state index contributed by atoms with van der Waals surface area (Å²) < 4.78 is 5.65. The molecule has 3 aromatic rings. The van der Waals surface area contributed by atoms with E-state index < -0.39 is 17.8 Å². The number of amides is 2. The van der Waals surface area contributed by atoms with Crippen molar-refractivity contribution in [2.24, 2.45) is 11.8 Å². The standard InChI is InChI=1S/C34H40Cl2N2O5/c1-6-21(4)20-38(33(40)23(7-2)8-3)29-19-24(14-17-30(29)43-5)26(34(41)42)18-22-12-15-25(16-13-22)37-32(39)31-27(35)10-9-11-28(31)36/h9-17,19,21,23,26H,6-8,18,20H2,1-5H3,(H,37,39)(H,41,42). The maximum absolute atomic E-state index is 13.7. The molecular weight excluding hydrogens is 587 g/mol. The Bertz CT molecular complexity index is 1400. The van der Waals surface area contributed by atoms with E-state index >= 15 is 0 Å². The number of benzene rings is 3. The minimum absolute atomic E-state index is 0.0170. The van der Waals surface area contributed by atoms with E-state index in [0.717, 1.165) is 12.0 Å². The Labute approximate surface area is 264 Å². The fraction of sp³-hybridized carbons (Fsp3) is 0.382. The number of nitrogens with zero attached hydrogens (tertiary/aromatic N) is 1. The number of methoxy groups -OCH3 is 1. The second-order valence-electron chi connectivity index (χ2n) is 10.7. The molecule has 0 heterocycles. The van der Waals surface area contributed by atoms with E-state index in [1.807, 2.05) is 13.8 Å². The van der Waals surface area contributed by atoms with Crippen molar-refractivity contribution in [3.8, 4) is 5.75 Å². The molecule has 7 nitrogen and oxygen atoms in total. The highest BCUT2D eigenvalue weighted by molar-refractivity contribution is 6.40. The fourth-order valence-corrected chi connectivity index (χ4v) is 5.53. The van der Waals surface area contributed by atoms with Gasteiger partial charge in [-0.2, -0.15) is 0 Å². The number of hydrogen-bond acceptors (Lipinski definition) is 4. The van der Waals surface area contributed by atoms with Crippen LogP contribution in [0.3, 0.4) is 0 Å². The topological polar surface area (TPSA) is 95.9 Å². The highest BCUT2D eigenvalue weighted by Gasteiger charge is 2.29. The van der Waals surface area contributed by atoms with Gasteiger partial charge in [-0.1, -0.05) is 81.6 Å². The number of ether oxygens (including phenoxy) is 1. The van der Waals surface area contributed by atoms with Crippen LogP contribution in [-0.4, -0.2) is 36.5 Å². The molecule has 0 saturated heterocycles. The first-order valence-corrected chi connectivity index (χ1v) is 15.4. The van der Waals surface area contributed by atoms with Crippen LogP contribution in [0.15, 0.2) is 60.7 Å². The molecule has 2 atom stereocenters. The summed E-state index contributed by atoms with van der Waals surface area (Å²) in [5.41, 5.74) is 2.62. The smallest absolute Gasteiger partial charge is 0.311 e. The molecule has 3 rings (SSSR count). The Morgan fingerprint density at radius 2 is 1.56 bits per heavy atom. The van der Waals surface area contributed by atoms with Crippen LogP contribution in [0.5, 0.6) is 5.75 Å². The van der Waals surface area contributed by atoms with Crippen molar-refractivity contribution in [2.75, 3.05) is 23.9 Å². The number of carbonyl (C=O) groups excluding carboxylic acids is 2. The van der Waals surface area contributed by atoms with E-state index in [1.165, 1.54) is 0 Å². The van der Waals surface area contributed by atoms with Crippen molar-refractivity contribution in [1.29, 1.82) is 0 Å². The van der Waals surface area contributed by atoms with Gasteiger partial charge in [-0.25, -0.2) is 0 Å². The van der Waals surface area contributed by atoms with Gasteiger partial charge in [0.05, 0.1) is 34.3 Å². The number of hydrogen-bond donors (Lipinski definition) is 2. The van der Waals surface area contributed by atoms with Crippen LogP contribution in [0.25, 0.3) is 0 Å². The van der Waals surface area contributed by atoms with Gasteiger partial charge in [-0.3, -0.25) is 14.4 Å². The minimum Gasteiger partial charge on any atom is -0.495 e. The van der Waals surface area contributed by atoms with Crippen molar-refractivity contribution in [3.63, 3.8) is 0 Å². The highest BCUT2D eigenvalue weighted by atomic mass is 35.5. The number of nitrogens with one attached hydrogen (secondary N) is 1. The molecule has 230 valence electrons. The van der Waals surface area contributed by atoms with E-state index in [9.17, 15) is 19.5 Å². The molecule has 9 heteroatoms. The van der Waals surface area contributed by atoms with Crippen molar-refractivity contribution in [1.82, 2.24) is 0 Å². The average Bonchev–Trinajstić information content (AvgIpc) is 2.99. The van der Waals surface area contributed by atoms with Gasteiger partial charge in [0.1, 0.15) is 5.75 Å². The molecule has 0 aliphatic heterocycles. The molecule has 2 unspecified atom stereocenters. The van der Waals surface area contributed by atoms with Crippen molar-refractivity contribution >= 4 is 52.4 Å². The second kappa shape index (κ2) is 15.8. The summed E-state index contributed by atoms with van der Waals surface area (Å²) in [4.78, 5) is 40.7. The first kappa shape index (κ1) is 33.9. The number of rotatable bonds is 14. The summed E-state index contributed by atoms with van der Waals surface area (Å²) in [6, 6.07) is 17.1. The zero-order valence-corrected chi connectivity index (χ0v) is 26.8. The van der Waals surface area contributed by atoms with Gasteiger partial charge in [-0.05, 0) is 72.7 Å². The normalized spacial score (nSPS) is 12.5. The van der Waals surface area contributed by atoms with Crippen LogP contribution in [0.4, 0.5) is 11.4 Å². The lowest BCUT2D eigenvalue weighted by atomic mass is 9.91. The number of carboxylic acids is 1. The fourth-order valence-electron chi connectivity index (χ4n) is 4.96. The molecule has 0 bridgehead atoms. The lowest BCUT2D eigenvalue weighted by molar-refractivity contribution is -0.138. The number of carboxylic acid groups (broad SMARTS) is 1. The van der Waals surface area contributed by atoms with Crippen molar-refractivity contribution in [3.05, 3.63) is 87.4 Å². The van der Waals surface area contributed by atoms with Crippen LogP contribution < -0.4 is 15.0 Å². The van der Waals surface area contributed by atoms with Gasteiger partial charge in [0.2, 0.25) is 5.91 Å². The number of anilines is 2.